The summed E-state index contributed by atoms with van der Waals surface area (Å²) in [6.45, 7) is 4.45. The van der Waals surface area contributed by atoms with Crippen LogP contribution < -0.4 is 5.32 Å². The molecule has 5 rings (SSSR count). The number of amides is 2. The first-order valence-corrected chi connectivity index (χ1v) is 11.7. The van der Waals surface area contributed by atoms with E-state index >= 15 is 0 Å². The van der Waals surface area contributed by atoms with Gasteiger partial charge in [0.05, 0.1) is 5.92 Å². The van der Waals surface area contributed by atoms with Gasteiger partial charge in [-0.15, -0.1) is 6.58 Å². The van der Waals surface area contributed by atoms with E-state index in [1.807, 2.05) is 36.4 Å². The van der Waals surface area contributed by atoms with Crippen molar-refractivity contribution in [1.82, 2.24) is 10.2 Å². The number of hydrogen-bond acceptors (Lipinski definition) is 4. The van der Waals surface area contributed by atoms with Crippen molar-refractivity contribution in [3.8, 4) is 11.1 Å². The maximum Gasteiger partial charge on any atom is 0.407 e. The minimum atomic E-state index is -0.863. The molecular weight excluding hydrogens is 432 g/mol. The number of carbonyl (C=O) groups excluding carboxylic acids is 2. The van der Waals surface area contributed by atoms with Gasteiger partial charge in [0, 0.05) is 24.4 Å². The Balaban J connectivity index is 1.24. The highest BCUT2D eigenvalue weighted by molar-refractivity contribution is 5.87. The van der Waals surface area contributed by atoms with Gasteiger partial charge in [0.15, 0.2) is 0 Å². The highest BCUT2D eigenvalue weighted by Crippen LogP contribution is 2.56. The first-order chi connectivity index (χ1) is 16.4. The Kier molecular flexibility index (Phi) is 5.63. The first-order valence-electron chi connectivity index (χ1n) is 11.7. The number of hydrogen-bond donors (Lipinski definition) is 2. The van der Waals surface area contributed by atoms with Crippen molar-refractivity contribution in [3.05, 3.63) is 72.3 Å². The summed E-state index contributed by atoms with van der Waals surface area (Å²) in [6, 6.07) is 15.3. The van der Waals surface area contributed by atoms with E-state index in [0.717, 1.165) is 35.1 Å². The number of nitrogens with one attached hydrogen (secondary N) is 1. The van der Waals surface area contributed by atoms with Gasteiger partial charge in [-0.1, -0.05) is 54.6 Å². The maximum absolute atomic E-state index is 13.2. The number of alkyl carbamates (subject to hydrolysis) is 1. The number of benzene rings is 2. The van der Waals surface area contributed by atoms with Crippen molar-refractivity contribution in [2.45, 2.75) is 31.2 Å². The van der Waals surface area contributed by atoms with Crippen LogP contribution in [0.15, 0.2) is 61.2 Å². The maximum atomic E-state index is 13.2. The number of fused-ring (bicyclic) bond motifs is 3. The lowest BCUT2D eigenvalue weighted by Crippen LogP contribution is -2.48. The molecule has 0 aromatic heterocycles. The number of carboxylic acid groups (broad SMARTS) is 1. The van der Waals surface area contributed by atoms with Gasteiger partial charge in [-0.05, 0) is 41.5 Å². The second kappa shape index (κ2) is 8.63. The van der Waals surface area contributed by atoms with Gasteiger partial charge >= 0.3 is 12.1 Å². The minimum Gasteiger partial charge on any atom is -0.481 e. The molecule has 2 unspecified atom stereocenters. The van der Waals surface area contributed by atoms with Crippen molar-refractivity contribution in [2.24, 2.45) is 11.3 Å². The van der Waals surface area contributed by atoms with Gasteiger partial charge < -0.3 is 20.1 Å². The Morgan fingerprint density at radius 2 is 1.74 bits per heavy atom. The van der Waals surface area contributed by atoms with Crippen molar-refractivity contribution in [3.63, 3.8) is 0 Å². The Morgan fingerprint density at radius 3 is 2.26 bits per heavy atom. The van der Waals surface area contributed by atoms with Crippen LogP contribution in [-0.4, -0.2) is 53.7 Å². The van der Waals surface area contributed by atoms with Gasteiger partial charge in [0.1, 0.15) is 12.6 Å². The van der Waals surface area contributed by atoms with Gasteiger partial charge in [0.25, 0.3) is 0 Å². The molecule has 2 fully saturated rings. The van der Waals surface area contributed by atoms with Crippen LogP contribution in [0, 0.1) is 11.3 Å². The highest BCUT2D eigenvalue weighted by atomic mass is 16.5. The van der Waals surface area contributed by atoms with Gasteiger partial charge in [-0.3, -0.25) is 9.59 Å². The summed E-state index contributed by atoms with van der Waals surface area (Å²) in [7, 11) is 0. The van der Waals surface area contributed by atoms with Gasteiger partial charge in [0.2, 0.25) is 5.91 Å². The largest absolute Gasteiger partial charge is 0.481 e. The Hall–Kier alpha value is -3.61. The average Bonchev–Trinajstić information content (AvgIpc) is 3.38. The third-order valence-electron chi connectivity index (χ3n) is 7.49. The summed E-state index contributed by atoms with van der Waals surface area (Å²) in [5.41, 5.74) is 4.21. The molecule has 176 valence electrons. The molecule has 7 heteroatoms. The van der Waals surface area contributed by atoms with Crippen molar-refractivity contribution in [2.75, 3.05) is 19.7 Å². The van der Waals surface area contributed by atoms with E-state index < -0.39 is 24.0 Å². The Bertz CT molecular complexity index is 1110. The second-order valence-electron chi connectivity index (χ2n) is 9.52. The molecule has 34 heavy (non-hydrogen) atoms. The van der Waals surface area contributed by atoms with Crippen molar-refractivity contribution in [1.29, 1.82) is 0 Å². The number of aliphatic carboxylic acids is 1. The van der Waals surface area contributed by atoms with Crippen LogP contribution in [0.3, 0.4) is 0 Å². The summed E-state index contributed by atoms with van der Waals surface area (Å²) < 4.78 is 5.59. The predicted molar refractivity (Wildman–Crippen MR) is 126 cm³/mol. The molecule has 3 aliphatic rings. The fraction of sp³-hybridized carbons (Fsp3) is 0.370. The standard InChI is InChI=1S/C27H28N2O5/c1-2-7-23(24(30)29-14-22(25(31)32)27(16-29)12-13-27)28-26(33)34-15-21-19-10-5-3-8-17(19)18-9-4-6-11-20(18)21/h2-6,8-11,21-23H,1,7,12-16H2,(H,28,33)(H,31,32). The smallest absolute Gasteiger partial charge is 0.407 e. The molecule has 2 aromatic carbocycles. The zero-order valence-electron chi connectivity index (χ0n) is 18.9. The number of nitrogens with zero attached hydrogens (tertiary/aromatic N) is 1. The molecule has 1 saturated heterocycles. The molecule has 0 bridgehead atoms. The van der Waals surface area contributed by atoms with Crippen LogP contribution in [0.1, 0.15) is 36.3 Å². The molecule has 1 aliphatic heterocycles. The van der Waals surface area contributed by atoms with E-state index in [4.69, 9.17) is 4.74 Å². The summed E-state index contributed by atoms with van der Waals surface area (Å²) in [5, 5.41) is 12.2. The van der Waals surface area contributed by atoms with Gasteiger partial charge in [-0.25, -0.2) is 4.79 Å². The van der Waals surface area contributed by atoms with E-state index in [9.17, 15) is 19.5 Å². The average molecular weight is 461 g/mol. The Morgan fingerprint density at radius 1 is 1.12 bits per heavy atom. The molecule has 2 amide bonds. The van der Waals surface area contributed by atoms with E-state index in [1.165, 1.54) is 0 Å². The number of ether oxygens (including phenoxy) is 1. The van der Waals surface area contributed by atoms with E-state index in [1.54, 1.807) is 11.0 Å². The first kappa shape index (κ1) is 22.2. The van der Waals surface area contributed by atoms with Crippen LogP contribution in [0.4, 0.5) is 4.79 Å². The molecule has 2 N–H and O–H groups in total. The number of rotatable bonds is 7. The van der Waals surface area contributed by atoms with Gasteiger partial charge in [-0.2, -0.15) is 0 Å². The SMILES string of the molecule is C=CCC(NC(=O)OCC1c2ccccc2-c2ccccc21)C(=O)N1CC(C(=O)O)C2(CC2)C1. The molecule has 2 aromatic rings. The lowest BCUT2D eigenvalue weighted by Gasteiger charge is -2.24. The molecule has 1 saturated carbocycles. The summed E-state index contributed by atoms with van der Waals surface area (Å²) in [4.78, 5) is 39.1. The third kappa shape index (κ3) is 3.85. The van der Waals surface area contributed by atoms with E-state index in [-0.39, 0.29) is 36.8 Å². The topological polar surface area (TPSA) is 95.9 Å². The van der Waals surface area contributed by atoms with Crippen molar-refractivity contribution >= 4 is 18.0 Å². The van der Waals surface area contributed by atoms with Crippen molar-refractivity contribution < 1.29 is 24.2 Å². The van der Waals surface area contributed by atoms with Crippen LogP contribution in [0.2, 0.25) is 0 Å². The molecule has 1 spiro atoms. The van der Waals surface area contributed by atoms with Crippen LogP contribution in [-0.2, 0) is 14.3 Å². The zero-order valence-corrected chi connectivity index (χ0v) is 18.9. The summed E-state index contributed by atoms with van der Waals surface area (Å²) in [6.07, 6.45) is 2.78. The number of likely N-dealkylation sites (tertiary alicyclic amines) is 1. The molecule has 1 heterocycles. The lowest BCUT2D eigenvalue weighted by molar-refractivity contribution is -0.143. The fourth-order valence-electron chi connectivity index (χ4n) is 5.53. The van der Waals surface area contributed by atoms with Crippen LogP contribution >= 0.6 is 0 Å². The van der Waals surface area contributed by atoms with Crippen LogP contribution in [0.25, 0.3) is 11.1 Å². The zero-order chi connectivity index (χ0) is 23.9. The Labute approximate surface area is 198 Å². The normalized spacial score (nSPS) is 20.4. The number of carboxylic acids is 1. The predicted octanol–water partition coefficient (Wildman–Crippen LogP) is 3.79. The molecule has 2 atom stereocenters. The summed E-state index contributed by atoms with van der Waals surface area (Å²) in [5.74, 6) is -1.77. The summed E-state index contributed by atoms with van der Waals surface area (Å²) >= 11 is 0. The third-order valence-corrected chi connectivity index (χ3v) is 7.49. The lowest BCUT2D eigenvalue weighted by atomic mass is 9.93. The second-order valence-corrected chi connectivity index (χ2v) is 9.52. The fourth-order valence-corrected chi connectivity index (χ4v) is 5.53. The molecular formula is C27H28N2O5. The number of carbonyl (C=O) groups is 3. The minimum absolute atomic E-state index is 0.0728. The molecule has 0 radical (unpaired) electrons. The van der Waals surface area contributed by atoms with Crippen LogP contribution in [0.5, 0.6) is 0 Å². The van der Waals surface area contributed by atoms with E-state index in [2.05, 4.69) is 24.0 Å². The van der Waals surface area contributed by atoms with E-state index in [0.29, 0.717) is 6.54 Å². The monoisotopic (exact) mass is 460 g/mol. The molecule has 2 aliphatic carbocycles. The molecule has 7 nitrogen and oxygen atoms in total. The highest BCUT2D eigenvalue weighted by Gasteiger charge is 2.59. The quantitative estimate of drug-likeness (QED) is 0.613.